The summed E-state index contributed by atoms with van der Waals surface area (Å²) in [6.45, 7) is 0. The van der Waals surface area contributed by atoms with E-state index in [4.69, 9.17) is 11.6 Å². The van der Waals surface area contributed by atoms with Gasteiger partial charge in [-0.05, 0) is 35.9 Å². The number of hydrogen-bond acceptors (Lipinski definition) is 3. The second kappa shape index (κ2) is 8.41. The van der Waals surface area contributed by atoms with E-state index in [1.165, 1.54) is 6.08 Å². The smallest absolute Gasteiger partial charge is 0.342 e. The van der Waals surface area contributed by atoms with E-state index in [-0.39, 0.29) is 16.6 Å². The topological polar surface area (TPSA) is 66.4 Å². The zero-order valence-corrected chi connectivity index (χ0v) is 13.6. The van der Waals surface area contributed by atoms with Crippen molar-refractivity contribution in [3.8, 4) is 0 Å². The third-order valence-electron chi connectivity index (χ3n) is 2.79. The Morgan fingerprint density at radius 2 is 1.74 bits per heavy atom. The van der Waals surface area contributed by atoms with E-state index in [1.807, 2.05) is 18.2 Å². The Balaban J connectivity index is 1.98. The van der Waals surface area contributed by atoms with Crippen molar-refractivity contribution in [3.63, 3.8) is 0 Å². The molecule has 0 saturated heterocycles. The predicted molar refractivity (Wildman–Crippen MR) is 94.6 cm³/mol. The van der Waals surface area contributed by atoms with E-state index in [1.54, 1.807) is 36.4 Å². The summed E-state index contributed by atoms with van der Waals surface area (Å²) in [5, 5.41) is 12.5. The Hall–Kier alpha value is -2.24. The maximum atomic E-state index is 11.9. The lowest BCUT2D eigenvalue weighted by Crippen LogP contribution is -2.14. The highest BCUT2D eigenvalue weighted by Gasteiger charge is 2.11. The van der Waals surface area contributed by atoms with E-state index < -0.39 is 5.97 Å². The summed E-state index contributed by atoms with van der Waals surface area (Å²) in [4.78, 5) is 23.3. The number of thioether (sulfide) groups is 1. The Bertz CT molecular complexity index is 714. The second-order valence-electron chi connectivity index (χ2n) is 4.57. The minimum absolute atomic E-state index is 0.0145. The van der Waals surface area contributed by atoms with Gasteiger partial charge in [-0.3, -0.25) is 4.79 Å². The molecule has 2 N–H and O–H groups in total. The molecular weight excluding hydrogens is 334 g/mol. The number of carboxylic acids is 1. The molecule has 0 atom stereocenters. The summed E-state index contributed by atoms with van der Waals surface area (Å²) in [6.07, 6.45) is 1.51. The summed E-state index contributed by atoms with van der Waals surface area (Å²) in [5.41, 5.74) is 1.39. The summed E-state index contributed by atoms with van der Waals surface area (Å²) < 4.78 is 0. The van der Waals surface area contributed by atoms with Gasteiger partial charge in [0.15, 0.2) is 0 Å². The van der Waals surface area contributed by atoms with Gasteiger partial charge in [-0.2, -0.15) is 0 Å². The number of anilines is 1. The van der Waals surface area contributed by atoms with Crippen LogP contribution in [0.1, 0.15) is 5.56 Å². The number of nitrogens with one attached hydrogen (secondary N) is 1. The Kier molecular flexibility index (Phi) is 6.26. The minimum atomic E-state index is -1.07. The fraction of sp³-hybridized carbons (Fsp3) is 0.0588. The maximum Gasteiger partial charge on any atom is 0.342 e. The molecular formula is C17H14ClNO3S. The van der Waals surface area contributed by atoms with E-state index in [0.717, 1.165) is 11.8 Å². The molecule has 2 aromatic rings. The first-order chi connectivity index (χ1) is 11.0. The Labute approximate surface area is 143 Å². The van der Waals surface area contributed by atoms with Crippen molar-refractivity contribution < 1.29 is 14.7 Å². The highest BCUT2D eigenvalue weighted by molar-refractivity contribution is 8.04. The number of hydrogen-bond donors (Lipinski definition) is 2. The molecule has 4 nitrogen and oxygen atoms in total. The number of halogens is 1. The molecule has 2 rings (SSSR count). The van der Waals surface area contributed by atoms with Gasteiger partial charge in [0, 0.05) is 10.7 Å². The minimum Gasteiger partial charge on any atom is -0.477 e. The van der Waals surface area contributed by atoms with Gasteiger partial charge < -0.3 is 10.4 Å². The number of benzene rings is 2. The first-order valence-corrected chi connectivity index (χ1v) is 8.09. The van der Waals surface area contributed by atoms with Crippen molar-refractivity contribution in [1.82, 2.24) is 0 Å². The molecule has 0 aliphatic heterocycles. The monoisotopic (exact) mass is 347 g/mol. The SMILES string of the molecule is O=C(CS/C(=C/c1ccc(Cl)cc1)C(=O)O)Nc1ccccc1. The van der Waals surface area contributed by atoms with Gasteiger partial charge in [0.1, 0.15) is 0 Å². The summed E-state index contributed by atoms with van der Waals surface area (Å²) >= 11 is 6.77. The van der Waals surface area contributed by atoms with Gasteiger partial charge in [0.2, 0.25) is 5.91 Å². The molecule has 6 heteroatoms. The molecule has 23 heavy (non-hydrogen) atoms. The quantitative estimate of drug-likeness (QED) is 0.771. The zero-order valence-electron chi connectivity index (χ0n) is 12.0. The van der Waals surface area contributed by atoms with Crippen LogP contribution < -0.4 is 5.32 Å². The molecule has 0 aliphatic carbocycles. The molecule has 0 unspecified atom stereocenters. The third-order valence-corrected chi connectivity index (χ3v) is 4.06. The van der Waals surface area contributed by atoms with Crippen molar-refractivity contribution in [2.24, 2.45) is 0 Å². The van der Waals surface area contributed by atoms with Crippen molar-refractivity contribution in [2.75, 3.05) is 11.1 Å². The van der Waals surface area contributed by atoms with E-state index >= 15 is 0 Å². The highest BCUT2D eigenvalue weighted by atomic mass is 35.5. The number of carbonyl (C=O) groups excluding carboxylic acids is 1. The van der Waals surface area contributed by atoms with Crippen LogP contribution in [0.2, 0.25) is 5.02 Å². The summed E-state index contributed by atoms with van der Waals surface area (Å²) in [5.74, 6) is -1.32. The van der Waals surface area contributed by atoms with Crippen LogP contribution in [0.25, 0.3) is 6.08 Å². The maximum absolute atomic E-state index is 11.9. The van der Waals surface area contributed by atoms with Crippen LogP contribution >= 0.6 is 23.4 Å². The first kappa shape index (κ1) is 17.1. The molecule has 1 amide bonds. The van der Waals surface area contributed by atoms with Crippen LogP contribution in [-0.4, -0.2) is 22.7 Å². The van der Waals surface area contributed by atoms with Crippen molar-refractivity contribution >= 4 is 47.0 Å². The van der Waals surface area contributed by atoms with Crippen molar-refractivity contribution in [2.45, 2.75) is 0 Å². The van der Waals surface area contributed by atoms with Crippen molar-refractivity contribution in [3.05, 3.63) is 70.1 Å². The summed E-state index contributed by atoms with van der Waals surface area (Å²) in [6, 6.07) is 15.8. The standard InChI is InChI=1S/C17H14ClNO3S/c18-13-8-6-12(7-9-13)10-15(17(21)22)23-11-16(20)19-14-4-2-1-3-5-14/h1-10H,11H2,(H,19,20)(H,21,22)/b15-10+. The lowest BCUT2D eigenvalue weighted by molar-refractivity contribution is -0.131. The zero-order chi connectivity index (χ0) is 16.7. The number of aliphatic carboxylic acids is 1. The Morgan fingerprint density at radius 3 is 2.35 bits per heavy atom. The molecule has 0 aromatic heterocycles. The van der Waals surface area contributed by atoms with E-state index in [9.17, 15) is 14.7 Å². The van der Waals surface area contributed by atoms with Crippen LogP contribution in [0.5, 0.6) is 0 Å². The van der Waals surface area contributed by atoms with Gasteiger partial charge in [0.05, 0.1) is 10.7 Å². The molecule has 0 bridgehead atoms. The highest BCUT2D eigenvalue weighted by Crippen LogP contribution is 2.21. The molecule has 0 heterocycles. The molecule has 0 aliphatic rings. The van der Waals surface area contributed by atoms with Crippen LogP contribution in [0.4, 0.5) is 5.69 Å². The first-order valence-electron chi connectivity index (χ1n) is 6.73. The lowest BCUT2D eigenvalue weighted by atomic mass is 10.2. The molecule has 0 fully saturated rings. The Morgan fingerprint density at radius 1 is 1.09 bits per heavy atom. The van der Waals surface area contributed by atoms with Crippen LogP contribution in [0.15, 0.2) is 59.5 Å². The van der Waals surface area contributed by atoms with E-state index in [0.29, 0.717) is 16.3 Å². The number of carboxylic acid groups (broad SMARTS) is 1. The summed E-state index contributed by atoms with van der Waals surface area (Å²) in [7, 11) is 0. The third kappa shape index (κ3) is 5.81. The predicted octanol–water partition coefficient (Wildman–Crippen LogP) is 4.14. The fourth-order valence-corrected chi connectivity index (χ4v) is 2.57. The average molecular weight is 348 g/mol. The van der Waals surface area contributed by atoms with Gasteiger partial charge in [0.25, 0.3) is 0 Å². The fourth-order valence-electron chi connectivity index (χ4n) is 1.74. The largest absolute Gasteiger partial charge is 0.477 e. The normalized spacial score (nSPS) is 11.1. The van der Waals surface area contributed by atoms with Gasteiger partial charge in [-0.25, -0.2) is 4.79 Å². The lowest BCUT2D eigenvalue weighted by Gasteiger charge is -2.05. The molecule has 0 radical (unpaired) electrons. The number of rotatable bonds is 6. The van der Waals surface area contributed by atoms with Crippen molar-refractivity contribution in [1.29, 1.82) is 0 Å². The number of para-hydroxylation sites is 1. The average Bonchev–Trinajstić information content (AvgIpc) is 2.54. The molecule has 118 valence electrons. The van der Waals surface area contributed by atoms with E-state index in [2.05, 4.69) is 5.32 Å². The van der Waals surface area contributed by atoms with Crippen LogP contribution in [0, 0.1) is 0 Å². The number of carbonyl (C=O) groups is 2. The van der Waals surface area contributed by atoms with Gasteiger partial charge in [-0.15, -0.1) is 11.8 Å². The second-order valence-corrected chi connectivity index (χ2v) is 6.02. The molecule has 0 spiro atoms. The molecule has 0 saturated carbocycles. The van der Waals surface area contributed by atoms with Crippen LogP contribution in [0.3, 0.4) is 0 Å². The molecule has 2 aromatic carbocycles. The van der Waals surface area contributed by atoms with Gasteiger partial charge in [-0.1, -0.05) is 41.9 Å². The van der Waals surface area contributed by atoms with Gasteiger partial charge >= 0.3 is 5.97 Å². The number of amides is 1. The van der Waals surface area contributed by atoms with Crippen LogP contribution in [-0.2, 0) is 9.59 Å².